The van der Waals surface area contributed by atoms with Crippen molar-refractivity contribution in [3.05, 3.63) is 29.8 Å². The molecule has 20 heavy (non-hydrogen) atoms. The second-order valence-corrected chi connectivity index (χ2v) is 4.67. The van der Waals surface area contributed by atoms with Gasteiger partial charge in [-0.15, -0.1) is 0 Å². The van der Waals surface area contributed by atoms with Crippen LogP contribution in [-0.2, 0) is 16.1 Å². The Labute approximate surface area is 116 Å². The molecular weight excluding hydrogens is 268 g/mol. The number of hydrogen-bond acceptors (Lipinski definition) is 4. The maximum Gasteiger partial charge on any atom is 0.387 e. The Morgan fingerprint density at radius 3 is 2.70 bits per heavy atom. The lowest BCUT2D eigenvalue weighted by atomic mass is 10.2. The number of nitrogens with zero attached hydrogens (tertiary/aromatic N) is 1. The summed E-state index contributed by atoms with van der Waals surface area (Å²) in [4.78, 5) is 13.7. The van der Waals surface area contributed by atoms with E-state index >= 15 is 0 Å². The molecular formula is C14H17F2NO3. The Kier molecular flexibility index (Phi) is 4.89. The molecule has 1 fully saturated rings. The molecule has 6 heteroatoms. The molecule has 0 N–H and O–H groups in total. The summed E-state index contributed by atoms with van der Waals surface area (Å²) in [6.45, 7) is -1.40. The van der Waals surface area contributed by atoms with E-state index in [0.29, 0.717) is 6.54 Å². The minimum Gasteiger partial charge on any atom is -0.468 e. The van der Waals surface area contributed by atoms with Crippen LogP contribution in [0.2, 0.25) is 0 Å². The molecule has 0 bridgehead atoms. The number of alkyl halides is 2. The molecule has 1 aromatic carbocycles. The van der Waals surface area contributed by atoms with Crippen LogP contribution in [-0.4, -0.2) is 37.2 Å². The van der Waals surface area contributed by atoms with Crippen LogP contribution < -0.4 is 4.74 Å². The van der Waals surface area contributed by atoms with Gasteiger partial charge in [-0.1, -0.05) is 12.1 Å². The minimum absolute atomic E-state index is 0.134. The molecule has 0 saturated carbocycles. The van der Waals surface area contributed by atoms with Crippen LogP contribution in [0.3, 0.4) is 0 Å². The molecule has 1 saturated heterocycles. The third-order valence-electron chi connectivity index (χ3n) is 3.37. The van der Waals surface area contributed by atoms with E-state index in [2.05, 4.69) is 4.74 Å². The van der Waals surface area contributed by atoms with Crippen molar-refractivity contribution in [2.75, 3.05) is 13.7 Å². The largest absolute Gasteiger partial charge is 0.468 e. The highest BCUT2D eigenvalue weighted by Gasteiger charge is 2.31. The van der Waals surface area contributed by atoms with E-state index < -0.39 is 6.61 Å². The Morgan fingerprint density at radius 2 is 2.10 bits per heavy atom. The zero-order valence-corrected chi connectivity index (χ0v) is 11.2. The molecule has 0 aromatic heterocycles. The zero-order chi connectivity index (χ0) is 14.5. The highest BCUT2D eigenvalue weighted by atomic mass is 19.3. The van der Waals surface area contributed by atoms with Gasteiger partial charge in [-0.05, 0) is 37.1 Å². The number of esters is 1. The average Bonchev–Trinajstić information content (AvgIpc) is 2.87. The quantitative estimate of drug-likeness (QED) is 0.779. The molecule has 4 nitrogen and oxygen atoms in total. The molecule has 0 radical (unpaired) electrons. The molecule has 0 aliphatic carbocycles. The van der Waals surface area contributed by atoms with Crippen LogP contribution in [0.5, 0.6) is 5.75 Å². The summed E-state index contributed by atoms with van der Waals surface area (Å²) in [6, 6.07) is 6.25. The lowest BCUT2D eigenvalue weighted by Gasteiger charge is -2.22. The van der Waals surface area contributed by atoms with Gasteiger partial charge in [0.15, 0.2) is 0 Å². The van der Waals surface area contributed by atoms with E-state index in [1.54, 1.807) is 12.1 Å². The Hall–Kier alpha value is -1.69. The van der Waals surface area contributed by atoms with E-state index in [9.17, 15) is 13.6 Å². The fourth-order valence-corrected chi connectivity index (χ4v) is 2.43. The van der Waals surface area contributed by atoms with Crippen molar-refractivity contribution in [3.63, 3.8) is 0 Å². The summed E-state index contributed by atoms with van der Waals surface area (Å²) in [7, 11) is 1.38. The number of rotatable bonds is 5. The van der Waals surface area contributed by atoms with Crippen LogP contribution >= 0.6 is 0 Å². The summed E-state index contributed by atoms with van der Waals surface area (Å²) < 4.78 is 33.2. The van der Waals surface area contributed by atoms with Gasteiger partial charge in [0.25, 0.3) is 0 Å². The molecule has 1 aliphatic heterocycles. The average molecular weight is 285 g/mol. The number of carbonyl (C=O) groups excluding carboxylic acids is 1. The lowest BCUT2D eigenvalue weighted by Crippen LogP contribution is -2.36. The first-order chi connectivity index (χ1) is 9.60. The van der Waals surface area contributed by atoms with Gasteiger partial charge in [-0.3, -0.25) is 9.69 Å². The molecule has 0 spiro atoms. The Balaban J connectivity index is 1.97. The Bertz CT molecular complexity index is 450. The smallest absolute Gasteiger partial charge is 0.387 e. The van der Waals surface area contributed by atoms with Crippen molar-refractivity contribution in [2.24, 2.45) is 0 Å². The topological polar surface area (TPSA) is 38.8 Å². The first-order valence-electron chi connectivity index (χ1n) is 6.46. The maximum absolute atomic E-state index is 12.0. The predicted molar refractivity (Wildman–Crippen MR) is 68.5 cm³/mol. The van der Waals surface area contributed by atoms with E-state index in [1.807, 2.05) is 4.90 Å². The maximum atomic E-state index is 12.0. The van der Waals surface area contributed by atoms with Crippen molar-refractivity contribution < 1.29 is 23.0 Å². The van der Waals surface area contributed by atoms with Gasteiger partial charge in [0.1, 0.15) is 11.8 Å². The van der Waals surface area contributed by atoms with E-state index in [4.69, 9.17) is 4.74 Å². The van der Waals surface area contributed by atoms with Gasteiger partial charge in [0.2, 0.25) is 0 Å². The number of methoxy groups -OCH3 is 1. The number of benzene rings is 1. The third-order valence-corrected chi connectivity index (χ3v) is 3.37. The summed E-state index contributed by atoms with van der Waals surface area (Å²) in [5, 5.41) is 0. The van der Waals surface area contributed by atoms with Gasteiger partial charge in [0, 0.05) is 6.54 Å². The van der Waals surface area contributed by atoms with Crippen LogP contribution in [0.4, 0.5) is 8.78 Å². The summed E-state index contributed by atoms with van der Waals surface area (Å²) in [5.41, 5.74) is 0.947. The van der Waals surface area contributed by atoms with Gasteiger partial charge in [-0.2, -0.15) is 8.78 Å². The molecule has 2 rings (SSSR count). The van der Waals surface area contributed by atoms with Crippen LogP contribution in [0.1, 0.15) is 18.4 Å². The molecule has 1 aliphatic rings. The molecule has 110 valence electrons. The van der Waals surface area contributed by atoms with Crippen molar-refractivity contribution in [2.45, 2.75) is 32.0 Å². The van der Waals surface area contributed by atoms with E-state index in [1.165, 1.54) is 19.2 Å². The monoisotopic (exact) mass is 285 g/mol. The first kappa shape index (κ1) is 14.7. The fraction of sp³-hybridized carbons (Fsp3) is 0.500. The standard InChI is InChI=1S/C14H17F2NO3/c1-19-13(18)12-3-2-8-17(12)9-10-4-6-11(7-5-10)20-14(15)16/h4-7,12,14H,2-3,8-9H2,1H3. The van der Waals surface area contributed by atoms with E-state index in [0.717, 1.165) is 24.9 Å². The Morgan fingerprint density at radius 1 is 1.40 bits per heavy atom. The molecule has 0 amide bonds. The molecule has 1 heterocycles. The van der Waals surface area contributed by atoms with Crippen molar-refractivity contribution >= 4 is 5.97 Å². The summed E-state index contributed by atoms with van der Waals surface area (Å²) >= 11 is 0. The van der Waals surface area contributed by atoms with Gasteiger partial charge >= 0.3 is 12.6 Å². The van der Waals surface area contributed by atoms with Gasteiger partial charge in [0.05, 0.1) is 7.11 Å². The second-order valence-electron chi connectivity index (χ2n) is 4.67. The lowest BCUT2D eigenvalue weighted by molar-refractivity contribution is -0.146. The molecule has 1 aromatic rings. The van der Waals surface area contributed by atoms with Crippen molar-refractivity contribution in [1.82, 2.24) is 4.90 Å². The number of hydrogen-bond donors (Lipinski definition) is 0. The SMILES string of the molecule is COC(=O)C1CCCN1Cc1ccc(OC(F)F)cc1. The van der Waals surface area contributed by atoms with Crippen molar-refractivity contribution in [3.8, 4) is 5.75 Å². The normalized spacial score (nSPS) is 19.3. The predicted octanol–water partition coefficient (Wildman–Crippen LogP) is 2.43. The van der Waals surface area contributed by atoms with Crippen LogP contribution in [0.15, 0.2) is 24.3 Å². The van der Waals surface area contributed by atoms with Crippen molar-refractivity contribution in [1.29, 1.82) is 0 Å². The molecule has 1 unspecified atom stereocenters. The number of likely N-dealkylation sites (tertiary alicyclic amines) is 1. The number of ether oxygens (including phenoxy) is 2. The zero-order valence-electron chi connectivity index (χ0n) is 11.2. The third kappa shape index (κ3) is 3.66. The second kappa shape index (κ2) is 6.65. The summed E-state index contributed by atoms with van der Waals surface area (Å²) in [6.07, 6.45) is 1.74. The number of halogens is 2. The molecule has 1 atom stereocenters. The first-order valence-corrected chi connectivity index (χ1v) is 6.46. The highest BCUT2D eigenvalue weighted by Crippen LogP contribution is 2.22. The summed E-state index contributed by atoms with van der Waals surface area (Å²) in [5.74, 6) is -0.0881. The van der Waals surface area contributed by atoms with E-state index in [-0.39, 0.29) is 17.8 Å². The minimum atomic E-state index is -2.82. The highest BCUT2D eigenvalue weighted by molar-refractivity contribution is 5.75. The van der Waals surface area contributed by atoms with Gasteiger partial charge < -0.3 is 9.47 Å². The number of carbonyl (C=O) groups is 1. The van der Waals surface area contributed by atoms with Crippen LogP contribution in [0, 0.1) is 0 Å². The fourth-order valence-electron chi connectivity index (χ4n) is 2.43. The van der Waals surface area contributed by atoms with Crippen LogP contribution in [0.25, 0.3) is 0 Å². The van der Waals surface area contributed by atoms with Gasteiger partial charge in [-0.25, -0.2) is 0 Å².